The lowest BCUT2D eigenvalue weighted by Crippen LogP contribution is -2.49. The largest absolute Gasteiger partial charge is 0.496 e. The zero-order valence-electron chi connectivity index (χ0n) is 16.3. The van der Waals surface area contributed by atoms with E-state index < -0.39 is 0 Å². The summed E-state index contributed by atoms with van der Waals surface area (Å²) in [4.78, 5) is 5.99. The molecule has 1 N–H and O–H groups in total. The maximum atomic E-state index is 6.21. The summed E-state index contributed by atoms with van der Waals surface area (Å²) in [6.07, 6.45) is 5.94. The highest BCUT2D eigenvalue weighted by Crippen LogP contribution is 2.46. The van der Waals surface area contributed by atoms with E-state index in [9.17, 15) is 0 Å². The highest BCUT2D eigenvalue weighted by atomic mass is 35.5. The van der Waals surface area contributed by atoms with Crippen molar-refractivity contribution in [3.63, 3.8) is 0 Å². The number of nitrogens with one attached hydrogen (secondary N) is 1. The van der Waals surface area contributed by atoms with Gasteiger partial charge in [0.2, 0.25) is 0 Å². The Bertz CT molecular complexity index is 736. The molecule has 0 bridgehead atoms. The molecule has 2 aromatic heterocycles. The van der Waals surface area contributed by atoms with Gasteiger partial charge in [0.1, 0.15) is 5.75 Å². The van der Waals surface area contributed by atoms with E-state index in [0.717, 1.165) is 57.7 Å². The first-order valence-electron chi connectivity index (χ1n) is 9.70. The van der Waals surface area contributed by atoms with Gasteiger partial charge < -0.3 is 19.5 Å². The molecule has 0 radical (unpaired) electrons. The Morgan fingerprint density at radius 3 is 2.93 bits per heavy atom. The van der Waals surface area contributed by atoms with Gasteiger partial charge in [-0.15, -0.1) is 23.7 Å². The third-order valence-corrected chi connectivity index (χ3v) is 6.82. The first-order chi connectivity index (χ1) is 13.3. The van der Waals surface area contributed by atoms with Crippen molar-refractivity contribution in [2.24, 2.45) is 0 Å². The highest BCUT2D eigenvalue weighted by Gasteiger charge is 2.49. The van der Waals surface area contributed by atoms with Crippen molar-refractivity contribution in [1.82, 2.24) is 10.3 Å². The summed E-state index contributed by atoms with van der Waals surface area (Å²) in [6, 6.07) is 8.30. The van der Waals surface area contributed by atoms with Gasteiger partial charge in [-0.1, -0.05) is 6.07 Å². The molecule has 28 heavy (non-hydrogen) atoms. The lowest BCUT2D eigenvalue weighted by atomic mass is 9.68. The van der Waals surface area contributed by atoms with Crippen LogP contribution in [0.1, 0.15) is 36.3 Å². The summed E-state index contributed by atoms with van der Waals surface area (Å²) in [5.74, 6) is 0.972. The van der Waals surface area contributed by atoms with Gasteiger partial charge >= 0.3 is 0 Å². The molecule has 2 fully saturated rings. The van der Waals surface area contributed by atoms with E-state index in [1.165, 1.54) is 10.6 Å². The molecule has 2 aromatic rings. The maximum Gasteiger partial charge on any atom is 0.134 e. The van der Waals surface area contributed by atoms with E-state index >= 15 is 0 Å². The second kappa shape index (κ2) is 9.55. The number of halogens is 1. The molecule has 4 heterocycles. The number of methoxy groups -OCH3 is 1. The number of pyridine rings is 1. The summed E-state index contributed by atoms with van der Waals surface area (Å²) in [5, 5.41) is 5.69. The molecule has 2 aliphatic heterocycles. The van der Waals surface area contributed by atoms with E-state index in [2.05, 4.69) is 22.8 Å². The Labute approximate surface area is 177 Å². The molecular formula is C21H29ClN2O3S. The van der Waals surface area contributed by atoms with Crippen LogP contribution in [0.4, 0.5) is 0 Å². The quantitative estimate of drug-likeness (QED) is 0.682. The molecule has 5 nitrogen and oxygen atoms in total. The van der Waals surface area contributed by atoms with Gasteiger partial charge in [0.05, 0.1) is 24.2 Å². The molecule has 0 aromatic carbocycles. The Morgan fingerprint density at radius 1 is 1.25 bits per heavy atom. The summed E-state index contributed by atoms with van der Waals surface area (Å²) in [6.45, 7) is 4.06. The minimum Gasteiger partial charge on any atom is -0.496 e. The third-order valence-electron chi connectivity index (χ3n) is 5.92. The standard InChI is InChI=1S/C21H28N2O3S.ClH/c1-24-17-5-13-27-18(17)14-22-10-6-20(19-4-2-3-9-23-19)7-12-26-21(15-20)8-11-25-16-21;/h2-5,9,13,22H,6-8,10-12,14-16H2,1H3;1H. The third kappa shape index (κ3) is 4.52. The van der Waals surface area contributed by atoms with Crippen LogP contribution in [0.3, 0.4) is 0 Å². The molecule has 0 aliphatic carbocycles. The summed E-state index contributed by atoms with van der Waals surface area (Å²) in [7, 11) is 1.73. The average molecular weight is 425 g/mol. The number of thiophene rings is 1. The number of nitrogens with zero attached hydrogens (tertiary/aromatic N) is 1. The number of rotatable bonds is 7. The van der Waals surface area contributed by atoms with Crippen LogP contribution in [0.2, 0.25) is 0 Å². The van der Waals surface area contributed by atoms with Gasteiger partial charge in [-0.2, -0.15) is 0 Å². The van der Waals surface area contributed by atoms with Crippen LogP contribution >= 0.6 is 23.7 Å². The number of aromatic nitrogens is 1. The SMILES string of the molecule is COc1ccsc1CNCCC1(c2ccccn2)CCOC2(CCOC2)C1.Cl. The Kier molecular flexibility index (Phi) is 7.34. The Hall–Kier alpha value is -1.18. The molecular weight excluding hydrogens is 396 g/mol. The molecule has 4 rings (SSSR count). The van der Waals surface area contributed by atoms with Crippen molar-refractivity contribution in [2.45, 2.75) is 43.2 Å². The molecule has 2 saturated heterocycles. The monoisotopic (exact) mass is 424 g/mol. The van der Waals surface area contributed by atoms with Crippen LogP contribution in [0, 0.1) is 0 Å². The van der Waals surface area contributed by atoms with Crippen molar-refractivity contribution in [3.05, 3.63) is 46.4 Å². The molecule has 1 spiro atoms. The second-order valence-corrected chi connectivity index (χ2v) is 8.60. The fourth-order valence-corrected chi connectivity index (χ4v) is 5.28. The minimum atomic E-state index is -0.132. The normalized spacial score (nSPS) is 26.9. The van der Waals surface area contributed by atoms with Gasteiger partial charge in [0.25, 0.3) is 0 Å². The first-order valence-corrected chi connectivity index (χ1v) is 10.6. The lowest BCUT2D eigenvalue weighted by molar-refractivity contribution is -0.109. The number of ether oxygens (including phenoxy) is 3. The zero-order valence-corrected chi connectivity index (χ0v) is 17.9. The second-order valence-electron chi connectivity index (χ2n) is 7.60. The van der Waals surface area contributed by atoms with E-state index in [0.29, 0.717) is 6.61 Å². The van der Waals surface area contributed by atoms with E-state index in [1.807, 2.05) is 18.3 Å². The van der Waals surface area contributed by atoms with Crippen molar-refractivity contribution >= 4 is 23.7 Å². The minimum absolute atomic E-state index is 0. The van der Waals surface area contributed by atoms with E-state index in [4.69, 9.17) is 19.2 Å². The van der Waals surface area contributed by atoms with Crippen LogP contribution in [0.25, 0.3) is 0 Å². The number of hydrogen-bond acceptors (Lipinski definition) is 6. The van der Waals surface area contributed by atoms with Gasteiger partial charge in [0, 0.05) is 43.5 Å². The molecule has 0 saturated carbocycles. The van der Waals surface area contributed by atoms with Crippen LogP contribution < -0.4 is 10.1 Å². The fourth-order valence-electron chi connectivity index (χ4n) is 4.47. The van der Waals surface area contributed by atoms with Gasteiger partial charge in [-0.25, -0.2) is 0 Å². The van der Waals surface area contributed by atoms with Crippen molar-refractivity contribution in [3.8, 4) is 5.75 Å². The van der Waals surface area contributed by atoms with Crippen LogP contribution in [-0.2, 0) is 21.4 Å². The van der Waals surface area contributed by atoms with E-state index in [1.54, 1.807) is 18.4 Å². The molecule has 7 heteroatoms. The predicted octanol–water partition coefficient (Wildman–Crippen LogP) is 3.96. The van der Waals surface area contributed by atoms with Crippen molar-refractivity contribution in [2.75, 3.05) is 33.5 Å². The van der Waals surface area contributed by atoms with Gasteiger partial charge in [0.15, 0.2) is 0 Å². The highest BCUT2D eigenvalue weighted by molar-refractivity contribution is 7.10. The average Bonchev–Trinajstić information content (AvgIpc) is 3.35. The van der Waals surface area contributed by atoms with Crippen molar-refractivity contribution in [1.29, 1.82) is 0 Å². The maximum absolute atomic E-state index is 6.21. The zero-order chi connectivity index (χ0) is 18.6. The summed E-state index contributed by atoms with van der Waals surface area (Å²) < 4.78 is 17.3. The molecule has 154 valence electrons. The van der Waals surface area contributed by atoms with Crippen molar-refractivity contribution < 1.29 is 14.2 Å². The predicted molar refractivity (Wildman–Crippen MR) is 114 cm³/mol. The lowest BCUT2D eigenvalue weighted by Gasteiger charge is -2.45. The van der Waals surface area contributed by atoms with Gasteiger partial charge in [-0.3, -0.25) is 4.98 Å². The summed E-state index contributed by atoms with van der Waals surface area (Å²) >= 11 is 1.73. The topological polar surface area (TPSA) is 52.6 Å². The summed E-state index contributed by atoms with van der Waals surface area (Å²) in [5.41, 5.74) is 1.10. The fraction of sp³-hybridized carbons (Fsp3) is 0.571. The molecule has 2 unspecified atom stereocenters. The first kappa shape index (κ1) is 21.5. The van der Waals surface area contributed by atoms with Crippen LogP contribution in [0.15, 0.2) is 35.8 Å². The molecule has 0 amide bonds. The van der Waals surface area contributed by atoms with Crippen LogP contribution in [-0.4, -0.2) is 44.1 Å². The molecule has 2 atom stereocenters. The Morgan fingerprint density at radius 2 is 2.18 bits per heavy atom. The van der Waals surface area contributed by atoms with Gasteiger partial charge in [-0.05, 0) is 49.4 Å². The smallest absolute Gasteiger partial charge is 0.134 e. The molecule has 2 aliphatic rings. The number of hydrogen-bond donors (Lipinski definition) is 1. The van der Waals surface area contributed by atoms with Crippen LogP contribution in [0.5, 0.6) is 5.75 Å². The Balaban J connectivity index is 0.00000225. The van der Waals surface area contributed by atoms with E-state index in [-0.39, 0.29) is 23.4 Å².